The van der Waals surface area contributed by atoms with Crippen molar-refractivity contribution in [2.24, 2.45) is 5.73 Å². The van der Waals surface area contributed by atoms with Crippen LogP contribution in [0.25, 0.3) is 0 Å². The molecule has 6 nitrogen and oxygen atoms in total. The van der Waals surface area contributed by atoms with Gasteiger partial charge in [0, 0.05) is 13.1 Å². The molecule has 0 fully saturated rings. The second kappa shape index (κ2) is 6.07. The summed E-state index contributed by atoms with van der Waals surface area (Å²) in [4.78, 5) is 11.5. The van der Waals surface area contributed by atoms with Crippen LogP contribution in [-0.2, 0) is 10.0 Å². The number of rotatable bonds is 5. The number of carbonyl (C=O) groups excluding carboxylic acids is 1. The molecule has 116 valence electrons. The molecule has 7 heteroatoms. The molecule has 0 radical (unpaired) electrons. The van der Waals surface area contributed by atoms with Crippen molar-refractivity contribution in [1.82, 2.24) is 0 Å². The first-order valence-electron chi connectivity index (χ1n) is 6.39. The maximum absolute atomic E-state index is 12.5. The van der Waals surface area contributed by atoms with E-state index in [1.807, 2.05) is 0 Å². The third kappa shape index (κ3) is 2.89. The van der Waals surface area contributed by atoms with Gasteiger partial charge in [-0.1, -0.05) is 18.2 Å². The van der Waals surface area contributed by atoms with E-state index in [1.165, 1.54) is 44.5 Å². The number of nitrogens with two attached hydrogens (primary N) is 1. The van der Waals surface area contributed by atoms with Gasteiger partial charge in [-0.15, -0.1) is 0 Å². The Hall–Kier alpha value is -2.54. The highest BCUT2D eigenvalue weighted by atomic mass is 32.2. The Morgan fingerprint density at radius 3 is 2.32 bits per heavy atom. The molecule has 0 aliphatic rings. The van der Waals surface area contributed by atoms with Gasteiger partial charge in [-0.3, -0.25) is 9.10 Å². The molecule has 0 bridgehead atoms. The van der Waals surface area contributed by atoms with Crippen LogP contribution in [0.4, 0.5) is 5.69 Å². The zero-order valence-electron chi connectivity index (χ0n) is 12.2. The van der Waals surface area contributed by atoms with Crippen LogP contribution in [-0.4, -0.2) is 28.5 Å². The molecule has 1 amide bonds. The summed E-state index contributed by atoms with van der Waals surface area (Å²) in [5, 5.41) is 0. The number of ether oxygens (including phenoxy) is 1. The molecule has 0 aromatic heterocycles. The van der Waals surface area contributed by atoms with E-state index in [4.69, 9.17) is 10.5 Å². The van der Waals surface area contributed by atoms with Gasteiger partial charge in [0.2, 0.25) is 0 Å². The Morgan fingerprint density at radius 2 is 1.77 bits per heavy atom. The lowest BCUT2D eigenvalue weighted by Crippen LogP contribution is -2.26. The fourth-order valence-electron chi connectivity index (χ4n) is 1.97. The SMILES string of the molecule is COc1cc(N(C)S(=O)(=O)c2ccccc2)ccc1C(N)=O. The van der Waals surface area contributed by atoms with Crippen LogP contribution in [0, 0.1) is 0 Å². The second-order valence-corrected chi connectivity index (χ2v) is 6.50. The number of anilines is 1. The van der Waals surface area contributed by atoms with Crippen LogP contribution >= 0.6 is 0 Å². The summed E-state index contributed by atoms with van der Waals surface area (Å²) in [5.41, 5.74) is 5.80. The summed E-state index contributed by atoms with van der Waals surface area (Å²) < 4.78 is 31.3. The summed E-state index contributed by atoms with van der Waals surface area (Å²) >= 11 is 0. The molecule has 22 heavy (non-hydrogen) atoms. The number of carbonyl (C=O) groups is 1. The highest BCUT2D eigenvalue weighted by Gasteiger charge is 2.22. The highest BCUT2D eigenvalue weighted by Crippen LogP contribution is 2.28. The van der Waals surface area contributed by atoms with E-state index in [0.717, 1.165) is 4.31 Å². The van der Waals surface area contributed by atoms with Gasteiger partial charge in [0.25, 0.3) is 15.9 Å². The first kappa shape index (κ1) is 15.8. The number of hydrogen-bond acceptors (Lipinski definition) is 4. The minimum absolute atomic E-state index is 0.176. The van der Waals surface area contributed by atoms with Crippen molar-refractivity contribution in [1.29, 1.82) is 0 Å². The predicted molar refractivity (Wildman–Crippen MR) is 83.5 cm³/mol. The fraction of sp³-hybridized carbons (Fsp3) is 0.133. The summed E-state index contributed by atoms with van der Waals surface area (Å²) in [7, 11) is -0.871. The van der Waals surface area contributed by atoms with E-state index >= 15 is 0 Å². The van der Waals surface area contributed by atoms with Crippen molar-refractivity contribution < 1.29 is 17.9 Å². The number of benzene rings is 2. The van der Waals surface area contributed by atoms with Gasteiger partial charge in [-0.25, -0.2) is 8.42 Å². The molecule has 0 atom stereocenters. The lowest BCUT2D eigenvalue weighted by Gasteiger charge is -2.20. The quantitative estimate of drug-likeness (QED) is 0.906. The Kier molecular flexibility index (Phi) is 4.37. The second-order valence-electron chi connectivity index (χ2n) is 4.53. The van der Waals surface area contributed by atoms with Crippen LogP contribution in [0.5, 0.6) is 5.75 Å². The first-order chi connectivity index (χ1) is 10.4. The van der Waals surface area contributed by atoms with Gasteiger partial charge >= 0.3 is 0 Å². The monoisotopic (exact) mass is 320 g/mol. The molecule has 0 saturated carbocycles. The van der Waals surface area contributed by atoms with Crippen molar-refractivity contribution in [3.8, 4) is 5.75 Å². The standard InChI is InChI=1S/C15H16N2O4S/c1-17(22(19,20)12-6-4-3-5-7-12)11-8-9-13(15(16)18)14(10-11)21-2/h3-10H,1-2H3,(H2,16,18). The summed E-state index contributed by atoms with van der Waals surface area (Å²) in [6, 6.07) is 12.5. The average molecular weight is 320 g/mol. The van der Waals surface area contributed by atoms with Gasteiger partial charge in [-0.05, 0) is 24.3 Å². The summed E-state index contributed by atoms with van der Waals surface area (Å²) in [6.07, 6.45) is 0. The third-order valence-electron chi connectivity index (χ3n) is 3.22. The van der Waals surface area contributed by atoms with Crippen LogP contribution in [0.15, 0.2) is 53.4 Å². The van der Waals surface area contributed by atoms with Gasteiger partial charge < -0.3 is 10.5 Å². The van der Waals surface area contributed by atoms with Crippen molar-refractivity contribution in [2.45, 2.75) is 4.90 Å². The van der Waals surface area contributed by atoms with Crippen LogP contribution in [0.2, 0.25) is 0 Å². The average Bonchev–Trinajstić information content (AvgIpc) is 2.54. The van der Waals surface area contributed by atoms with Crippen LogP contribution in [0.3, 0.4) is 0 Å². The molecule has 2 rings (SSSR count). The van der Waals surface area contributed by atoms with Crippen LogP contribution in [0.1, 0.15) is 10.4 Å². The zero-order chi connectivity index (χ0) is 16.3. The molecule has 2 aromatic rings. The number of methoxy groups -OCH3 is 1. The normalized spacial score (nSPS) is 11.0. The van der Waals surface area contributed by atoms with E-state index in [1.54, 1.807) is 18.2 Å². The fourth-order valence-corrected chi connectivity index (χ4v) is 3.18. The van der Waals surface area contributed by atoms with Crippen molar-refractivity contribution in [3.05, 3.63) is 54.1 Å². The molecule has 0 spiro atoms. The predicted octanol–water partition coefficient (Wildman–Crippen LogP) is 1.62. The Bertz CT molecular complexity index is 788. The van der Waals surface area contributed by atoms with Crippen molar-refractivity contribution >= 4 is 21.6 Å². The minimum Gasteiger partial charge on any atom is -0.496 e. The maximum Gasteiger partial charge on any atom is 0.264 e. The summed E-state index contributed by atoms with van der Waals surface area (Å²) in [6.45, 7) is 0. The topological polar surface area (TPSA) is 89.7 Å². The maximum atomic E-state index is 12.5. The van der Waals surface area contributed by atoms with E-state index in [9.17, 15) is 13.2 Å². The van der Waals surface area contributed by atoms with E-state index in [0.29, 0.717) is 5.69 Å². The van der Waals surface area contributed by atoms with Gasteiger partial charge in [-0.2, -0.15) is 0 Å². The van der Waals surface area contributed by atoms with E-state index < -0.39 is 15.9 Å². The molecular weight excluding hydrogens is 304 g/mol. The molecule has 2 N–H and O–H groups in total. The molecule has 0 saturated heterocycles. The smallest absolute Gasteiger partial charge is 0.264 e. The van der Waals surface area contributed by atoms with E-state index in [2.05, 4.69) is 0 Å². The lowest BCUT2D eigenvalue weighted by molar-refractivity contribution is 0.0997. The number of hydrogen-bond donors (Lipinski definition) is 1. The van der Waals surface area contributed by atoms with E-state index in [-0.39, 0.29) is 16.2 Å². The molecular formula is C15H16N2O4S. The Balaban J connectivity index is 2.46. The van der Waals surface area contributed by atoms with Gasteiger partial charge in [0.15, 0.2) is 0 Å². The number of amides is 1. The van der Waals surface area contributed by atoms with Crippen molar-refractivity contribution in [2.75, 3.05) is 18.5 Å². The molecule has 0 heterocycles. The third-order valence-corrected chi connectivity index (χ3v) is 5.02. The first-order valence-corrected chi connectivity index (χ1v) is 7.83. The molecule has 2 aromatic carbocycles. The van der Waals surface area contributed by atoms with Gasteiger partial charge in [0.1, 0.15) is 5.75 Å². The zero-order valence-corrected chi connectivity index (χ0v) is 13.0. The largest absolute Gasteiger partial charge is 0.496 e. The highest BCUT2D eigenvalue weighted by molar-refractivity contribution is 7.92. The minimum atomic E-state index is -3.69. The number of nitrogens with zero attached hydrogens (tertiary/aromatic N) is 1. The van der Waals surface area contributed by atoms with Crippen LogP contribution < -0.4 is 14.8 Å². The summed E-state index contributed by atoms with van der Waals surface area (Å²) in [5.74, 6) is -0.419. The lowest BCUT2D eigenvalue weighted by atomic mass is 10.1. The van der Waals surface area contributed by atoms with Gasteiger partial charge in [0.05, 0.1) is 23.3 Å². The van der Waals surface area contributed by atoms with Crippen molar-refractivity contribution in [3.63, 3.8) is 0 Å². The number of sulfonamides is 1. The molecule has 0 aliphatic heterocycles. The Morgan fingerprint density at radius 1 is 1.14 bits per heavy atom. The molecule has 0 aliphatic carbocycles. The Labute approximate surface area is 129 Å². The molecule has 0 unspecified atom stereocenters. The number of primary amides is 1.